The van der Waals surface area contributed by atoms with Crippen LogP contribution in [0.3, 0.4) is 0 Å². The zero-order valence-corrected chi connectivity index (χ0v) is 12.8. The number of anilines is 1. The number of nitrogens with one attached hydrogen (secondary N) is 1. The van der Waals surface area contributed by atoms with Crippen molar-refractivity contribution in [2.24, 2.45) is 0 Å². The van der Waals surface area contributed by atoms with Gasteiger partial charge in [-0.15, -0.1) is 0 Å². The minimum Gasteiger partial charge on any atom is -0.497 e. The number of nitro benzene ring substituents is 2. The third-order valence-electron chi connectivity index (χ3n) is 3.34. The molecule has 0 saturated heterocycles. The van der Waals surface area contributed by atoms with Crippen LogP contribution in [0.4, 0.5) is 17.1 Å². The molecule has 124 valence electrons. The first-order valence-corrected chi connectivity index (χ1v) is 6.72. The van der Waals surface area contributed by atoms with Gasteiger partial charge in [-0.05, 0) is 19.1 Å². The topological polar surface area (TPSA) is 125 Å². The summed E-state index contributed by atoms with van der Waals surface area (Å²) < 4.78 is 5.04. The largest absolute Gasteiger partial charge is 0.497 e. The monoisotopic (exact) mass is 331 g/mol. The Kier molecular flexibility index (Phi) is 4.73. The number of nitro groups is 2. The molecule has 0 atom stereocenters. The van der Waals surface area contributed by atoms with Crippen molar-refractivity contribution in [2.45, 2.75) is 6.92 Å². The van der Waals surface area contributed by atoms with Crippen LogP contribution >= 0.6 is 0 Å². The Morgan fingerprint density at radius 2 is 1.83 bits per heavy atom. The van der Waals surface area contributed by atoms with Gasteiger partial charge in [0.1, 0.15) is 5.75 Å². The second-order valence-electron chi connectivity index (χ2n) is 4.84. The summed E-state index contributed by atoms with van der Waals surface area (Å²) in [6.45, 7) is 1.36. The van der Waals surface area contributed by atoms with Crippen molar-refractivity contribution in [3.8, 4) is 5.75 Å². The molecule has 0 bridgehead atoms. The molecule has 0 heterocycles. The molecule has 0 spiro atoms. The molecule has 0 aliphatic heterocycles. The molecule has 0 unspecified atom stereocenters. The molecule has 2 aromatic carbocycles. The predicted molar refractivity (Wildman–Crippen MR) is 85.4 cm³/mol. The van der Waals surface area contributed by atoms with Gasteiger partial charge in [-0.3, -0.25) is 25.0 Å². The summed E-state index contributed by atoms with van der Waals surface area (Å²) in [5.74, 6) is -0.179. The molecular formula is C15H13N3O6. The van der Waals surface area contributed by atoms with Gasteiger partial charge in [0.15, 0.2) is 0 Å². The van der Waals surface area contributed by atoms with Gasteiger partial charge in [0.25, 0.3) is 17.3 Å². The van der Waals surface area contributed by atoms with Crippen LogP contribution in [-0.4, -0.2) is 22.9 Å². The second-order valence-corrected chi connectivity index (χ2v) is 4.84. The Morgan fingerprint density at radius 1 is 1.12 bits per heavy atom. The summed E-state index contributed by atoms with van der Waals surface area (Å²) in [7, 11) is 1.47. The molecule has 9 nitrogen and oxygen atoms in total. The van der Waals surface area contributed by atoms with E-state index in [2.05, 4.69) is 5.32 Å². The zero-order valence-electron chi connectivity index (χ0n) is 12.8. The maximum Gasteiger partial charge on any atom is 0.279 e. The van der Waals surface area contributed by atoms with Crippen LogP contribution in [0.2, 0.25) is 0 Å². The summed E-state index contributed by atoms with van der Waals surface area (Å²) in [6, 6.07) is 8.33. The summed E-state index contributed by atoms with van der Waals surface area (Å²) in [5, 5.41) is 24.5. The van der Waals surface area contributed by atoms with Gasteiger partial charge in [-0.1, -0.05) is 6.07 Å². The first-order chi connectivity index (χ1) is 11.3. The zero-order chi connectivity index (χ0) is 17.9. The number of hydrogen-bond donors (Lipinski definition) is 1. The third-order valence-corrected chi connectivity index (χ3v) is 3.34. The molecule has 2 rings (SSSR count). The third kappa shape index (κ3) is 3.46. The summed E-state index contributed by atoms with van der Waals surface area (Å²) >= 11 is 0. The van der Waals surface area contributed by atoms with Crippen molar-refractivity contribution in [1.82, 2.24) is 0 Å². The van der Waals surface area contributed by atoms with Crippen molar-refractivity contribution < 1.29 is 19.4 Å². The van der Waals surface area contributed by atoms with E-state index in [1.54, 1.807) is 24.3 Å². The smallest absolute Gasteiger partial charge is 0.279 e. The van der Waals surface area contributed by atoms with Crippen molar-refractivity contribution in [3.63, 3.8) is 0 Å². The van der Waals surface area contributed by atoms with Gasteiger partial charge in [0.2, 0.25) is 0 Å². The van der Waals surface area contributed by atoms with Crippen LogP contribution < -0.4 is 10.1 Å². The fourth-order valence-corrected chi connectivity index (χ4v) is 2.11. The summed E-state index contributed by atoms with van der Waals surface area (Å²) in [5.41, 5.74) is -0.708. The lowest BCUT2D eigenvalue weighted by Gasteiger charge is -2.09. The van der Waals surface area contributed by atoms with Crippen molar-refractivity contribution >= 4 is 23.0 Å². The van der Waals surface area contributed by atoms with Crippen molar-refractivity contribution in [2.75, 3.05) is 12.4 Å². The highest BCUT2D eigenvalue weighted by atomic mass is 16.6. The molecule has 1 amide bonds. The van der Waals surface area contributed by atoms with Crippen LogP contribution in [0.25, 0.3) is 0 Å². The van der Waals surface area contributed by atoms with E-state index in [0.717, 1.165) is 12.1 Å². The maximum atomic E-state index is 12.4. The van der Waals surface area contributed by atoms with Crippen LogP contribution in [0, 0.1) is 27.2 Å². The molecule has 0 aliphatic rings. The van der Waals surface area contributed by atoms with Crippen molar-refractivity contribution in [1.29, 1.82) is 0 Å². The molecule has 2 aromatic rings. The van der Waals surface area contributed by atoms with E-state index in [9.17, 15) is 25.0 Å². The number of rotatable bonds is 5. The first kappa shape index (κ1) is 16.9. The first-order valence-electron chi connectivity index (χ1n) is 6.72. The molecular weight excluding hydrogens is 318 g/mol. The Balaban J connectivity index is 2.44. The van der Waals surface area contributed by atoms with E-state index in [1.165, 1.54) is 14.0 Å². The quantitative estimate of drug-likeness (QED) is 0.663. The van der Waals surface area contributed by atoms with Crippen LogP contribution in [0.1, 0.15) is 15.9 Å². The Labute approximate surface area is 136 Å². The number of nitrogens with zero attached hydrogens (tertiary/aromatic N) is 2. The number of hydrogen-bond acceptors (Lipinski definition) is 6. The average molecular weight is 331 g/mol. The Morgan fingerprint density at radius 3 is 2.42 bits per heavy atom. The average Bonchev–Trinajstić information content (AvgIpc) is 2.54. The molecule has 0 radical (unpaired) electrons. The minimum atomic E-state index is -0.783. The van der Waals surface area contributed by atoms with Gasteiger partial charge in [0.05, 0.1) is 28.6 Å². The molecule has 9 heteroatoms. The van der Waals surface area contributed by atoms with Gasteiger partial charge < -0.3 is 10.1 Å². The molecule has 1 N–H and O–H groups in total. The van der Waals surface area contributed by atoms with E-state index in [4.69, 9.17) is 4.74 Å². The predicted octanol–water partition coefficient (Wildman–Crippen LogP) is 3.07. The molecule has 24 heavy (non-hydrogen) atoms. The van der Waals surface area contributed by atoms with E-state index in [0.29, 0.717) is 11.4 Å². The number of ether oxygens (including phenoxy) is 1. The van der Waals surface area contributed by atoms with Gasteiger partial charge in [-0.2, -0.15) is 0 Å². The second kappa shape index (κ2) is 6.73. The van der Waals surface area contributed by atoms with E-state index < -0.39 is 27.1 Å². The highest BCUT2D eigenvalue weighted by molar-refractivity contribution is 6.06. The molecule has 0 aliphatic carbocycles. The van der Waals surface area contributed by atoms with E-state index >= 15 is 0 Å². The number of non-ortho nitro benzene ring substituents is 1. The normalized spacial score (nSPS) is 10.1. The summed E-state index contributed by atoms with van der Waals surface area (Å²) in [4.78, 5) is 32.8. The van der Waals surface area contributed by atoms with Gasteiger partial charge >= 0.3 is 0 Å². The lowest BCUT2D eigenvalue weighted by atomic mass is 10.0. The van der Waals surface area contributed by atoms with Gasteiger partial charge in [0, 0.05) is 23.4 Å². The standard InChI is InChI=1S/C15H13N3O6/c1-9-13(7-11(17(20)21)8-14(9)18(22)23)15(19)16-10-4-3-5-12(6-10)24-2/h3-8H,1-2H3,(H,16,19). The minimum absolute atomic E-state index is 0.0472. The van der Waals surface area contributed by atoms with Crippen LogP contribution in [-0.2, 0) is 0 Å². The number of methoxy groups -OCH3 is 1. The number of amides is 1. The van der Waals surface area contributed by atoms with Crippen molar-refractivity contribution in [3.05, 3.63) is 67.8 Å². The Hall–Kier alpha value is -3.49. The van der Waals surface area contributed by atoms with E-state index in [-0.39, 0.29) is 11.1 Å². The fourth-order valence-electron chi connectivity index (χ4n) is 2.11. The summed E-state index contributed by atoms with van der Waals surface area (Å²) in [6.07, 6.45) is 0. The lowest BCUT2D eigenvalue weighted by molar-refractivity contribution is -0.394. The fraction of sp³-hybridized carbons (Fsp3) is 0.133. The highest BCUT2D eigenvalue weighted by Gasteiger charge is 2.24. The maximum absolute atomic E-state index is 12.4. The lowest BCUT2D eigenvalue weighted by Crippen LogP contribution is -2.14. The van der Waals surface area contributed by atoms with Gasteiger partial charge in [-0.25, -0.2) is 0 Å². The van der Waals surface area contributed by atoms with E-state index in [1.807, 2.05) is 0 Å². The molecule has 0 fully saturated rings. The molecule has 0 aromatic heterocycles. The Bertz CT molecular complexity index is 834. The van der Waals surface area contributed by atoms with Crippen LogP contribution in [0.15, 0.2) is 36.4 Å². The number of carbonyl (C=O) groups is 1. The van der Waals surface area contributed by atoms with Crippen LogP contribution in [0.5, 0.6) is 5.75 Å². The SMILES string of the molecule is COc1cccc(NC(=O)c2cc([N+](=O)[O-])cc([N+](=O)[O-])c2C)c1. The highest BCUT2D eigenvalue weighted by Crippen LogP contribution is 2.28. The molecule has 0 saturated carbocycles. The number of benzene rings is 2. The number of carbonyl (C=O) groups excluding carboxylic acids is 1.